The summed E-state index contributed by atoms with van der Waals surface area (Å²) in [4.78, 5) is 22.0. The minimum atomic E-state index is -3.07. The molecule has 22 heavy (non-hydrogen) atoms. The van der Waals surface area contributed by atoms with Crippen LogP contribution in [0.25, 0.3) is 10.9 Å². The normalized spacial score (nSPS) is 17.9. The van der Waals surface area contributed by atoms with Gasteiger partial charge in [0, 0.05) is 46.7 Å². The monoisotopic (exact) mass is 312 g/mol. The summed E-state index contributed by atoms with van der Waals surface area (Å²) < 4.78 is 60.1. The molecule has 0 fully saturated rings. The van der Waals surface area contributed by atoms with Crippen LogP contribution in [0, 0.1) is 0 Å². The first-order valence-corrected chi connectivity index (χ1v) is 6.05. The molecule has 6 heteroatoms. The van der Waals surface area contributed by atoms with Gasteiger partial charge in [0.05, 0.1) is 0 Å². The first-order chi connectivity index (χ1) is 13.6. The van der Waals surface area contributed by atoms with Crippen molar-refractivity contribution in [2.45, 2.75) is 6.42 Å². The molecular weight excluding hydrogens is 284 g/mol. The maximum Gasteiger partial charge on any atom is 0.328 e. The van der Waals surface area contributed by atoms with Gasteiger partial charge < -0.3 is 20.1 Å². The number of benzene rings is 1. The molecule has 0 aliphatic carbocycles. The van der Waals surface area contributed by atoms with Crippen LogP contribution in [0.4, 0.5) is 0 Å². The van der Waals surface area contributed by atoms with Crippen LogP contribution in [0.1, 0.15) is 16.5 Å². The van der Waals surface area contributed by atoms with E-state index in [1.165, 1.54) is 0 Å². The molecule has 1 aromatic carbocycles. The van der Waals surface area contributed by atoms with E-state index in [0.29, 0.717) is 17.7 Å². The van der Waals surface area contributed by atoms with Crippen molar-refractivity contribution in [1.29, 1.82) is 0 Å². The van der Waals surface area contributed by atoms with Crippen LogP contribution >= 0.6 is 0 Å². The standard InChI is InChI=1S/C12H16N2.C4H4O4/c1-14(2)8-7-10-9-13-12-6-4-3-5-11(10)12;5-3(6)1-2-4(7)8/h3-6,9,13H,7-8H2,1-2H3;1-2H,(H,5,6)(H,7,8)/b;2-1+/i1D3,2D3,8D2;. The Balaban J connectivity index is 0.000000479. The van der Waals surface area contributed by atoms with Crippen LogP contribution in [0.15, 0.2) is 42.6 Å². The van der Waals surface area contributed by atoms with Crippen molar-refractivity contribution in [2.75, 3.05) is 20.4 Å². The van der Waals surface area contributed by atoms with Gasteiger partial charge in [-0.15, -0.1) is 0 Å². The number of carbonyl (C=O) groups is 2. The summed E-state index contributed by atoms with van der Waals surface area (Å²) in [5.74, 6) is -2.51. The van der Waals surface area contributed by atoms with Crippen LogP contribution in [0.3, 0.4) is 0 Å². The third-order valence-electron chi connectivity index (χ3n) is 2.47. The highest BCUT2D eigenvalue weighted by Gasteiger charge is 2.02. The van der Waals surface area contributed by atoms with Crippen molar-refractivity contribution in [3.05, 3.63) is 48.2 Å². The number of nitrogens with zero attached hydrogens (tertiary/aromatic N) is 1. The molecular formula is C16H20N2O4. The van der Waals surface area contributed by atoms with Crippen molar-refractivity contribution >= 4 is 22.8 Å². The number of hydrogen-bond acceptors (Lipinski definition) is 3. The molecule has 2 rings (SSSR count). The predicted molar refractivity (Wildman–Crippen MR) is 85.0 cm³/mol. The van der Waals surface area contributed by atoms with Crippen molar-refractivity contribution < 1.29 is 30.8 Å². The molecule has 0 aliphatic rings. The third kappa shape index (κ3) is 6.23. The Kier molecular flexibility index (Phi) is 3.43. The van der Waals surface area contributed by atoms with Gasteiger partial charge >= 0.3 is 11.9 Å². The Bertz CT molecular complexity index is 888. The summed E-state index contributed by atoms with van der Waals surface area (Å²) >= 11 is 0. The lowest BCUT2D eigenvalue weighted by Gasteiger charge is -2.07. The maximum absolute atomic E-state index is 9.55. The second-order valence-corrected chi connectivity index (χ2v) is 4.04. The Hall–Kier alpha value is -2.60. The molecule has 118 valence electrons. The maximum atomic E-state index is 9.55. The molecule has 0 radical (unpaired) electrons. The highest BCUT2D eigenvalue weighted by Crippen LogP contribution is 2.17. The largest absolute Gasteiger partial charge is 0.478 e. The van der Waals surface area contributed by atoms with Crippen molar-refractivity contribution in [3.8, 4) is 0 Å². The third-order valence-corrected chi connectivity index (χ3v) is 2.47. The highest BCUT2D eigenvalue weighted by molar-refractivity contribution is 5.89. The highest BCUT2D eigenvalue weighted by atomic mass is 16.4. The number of rotatable bonds is 5. The molecule has 0 aliphatic heterocycles. The van der Waals surface area contributed by atoms with Crippen LogP contribution in [-0.4, -0.2) is 52.5 Å². The lowest BCUT2D eigenvalue weighted by Crippen LogP contribution is -2.14. The van der Waals surface area contributed by atoms with Gasteiger partial charge in [-0.3, -0.25) is 0 Å². The number of aryl methyl sites for hydroxylation is 1. The lowest BCUT2D eigenvalue weighted by molar-refractivity contribution is -0.134. The summed E-state index contributed by atoms with van der Waals surface area (Å²) in [5, 5.41) is 16.4. The van der Waals surface area contributed by atoms with Gasteiger partial charge in [-0.05, 0) is 32.0 Å². The summed E-state index contributed by atoms with van der Waals surface area (Å²) in [6.45, 7) is -8.69. The average molecular weight is 312 g/mol. The van der Waals surface area contributed by atoms with Crippen LogP contribution in [0.5, 0.6) is 0 Å². The molecule has 1 heterocycles. The minimum absolute atomic E-state index is 0.0191. The fourth-order valence-electron chi connectivity index (χ4n) is 1.58. The van der Waals surface area contributed by atoms with E-state index in [4.69, 9.17) is 21.2 Å². The lowest BCUT2D eigenvalue weighted by atomic mass is 10.1. The Morgan fingerprint density at radius 3 is 2.50 bits per heavy atom. The van der Waals surface area contributed by atoms with E-state index < -0.39 is 32.4 Å². The van der Waals surface area contributed by atoms with E-state index in [1.807, 2.05) is 6.07 Å². The molecule has 0 bridgehead atoms. The smallest absolute Gasteiger partial charge is 0.328 e. The molecule has 0 saturated carbocycles. The molecule has 3 N–H and O–H groups in total. The number of aromatic amines is 1. The topological polar surface area (TPSA) is 93.6 Å². The second kappa shape index (κ2) is 8.63. The number of hydrogen-bond donors (Lipinski definition) is 3. The minimum Gasteiger partial charge on any atom is -0.478 e. The number of nitrogens with one attached hydrogen (secondary N) is 1. The van der Waals surface area contributed by atoms with Gasteiger partial charge in [0.25, 0.3) is 0 Å². The predicted octanol–water partition coefficient (Wildman–Crippen LogP) is 1.98. The second-order valence-electron chi connectivity index (χ2n) is 4.04. The van der Waals surface area contributed by atoms with Crippen molar-refractivity contribution in [3.63, 3.8) is 0 Å². The van der Waals surface area contributed by atoms with Gasteiger partial charge in [-0.1, -0.05) is 18.2 Å². The van der Waals surface area contributed by atoms with E-state index in [9.17, 15) is 9.59 Å². The summed E-state index contributed by atoms with van der Waals surface area (Å²) in [5.41, 5.74) is 1.31. The van der Waals surface area contributed by atoms with Crippen molar-refractivity contribution in [1.82, 2.24) is 9.88 Å². The van der Waals surface area contributed by atoms with E-state index >= 15 is 0 Å². The number of carboxylic acid groups (broad SMARTS) is 2. The summed E-state index contributed by atoms with van der Waals surface area (Å²) in [6, 6.07) is 7.17. The fraction of sp³-hybridized carbons (Fsp3) is 0.250. The van der Waals surface area contributed by atoms with Crippen LogP contribution in [0.2, 0.25) is 0 Å². The van der Waals surface area contributed by atoms with E-state index in [2.05, 4.69) is 4.98 Å². The number of aliphatic carboxylic acids is 2. The fourth-order valence-corrected chi connectivity index (χ4v) is 1.58. The molecule has 0 unspecified atom stereocenters. The quantitative estimate of drug-likeness (QED) is 0.734. The summed E-state index contributed by atoms with van der Waals surface area (Å²) in [6.07, 6.45) is 2.33. The van der Waals surface area contributed by atoms with Gasteiger partial charge in [0.15, 0.2) is 0 Å². The Morgan fingerprint density at radius 2 is 1.91 bits per heavy atom. The molecule has 6 nitrogen and oxygen atoms in total. The Morgan fingerprint density at radius 1 is 1.27 bits per heavy atom. The number of carboxylic acids is 2. The number of likely N-dealkylation sites (N-methyl/N-ethyl adjacent to an activating group) is 1. The SMILES string of the molecule is O=C(O)/C=C/C(=O)O.[2H]C([2H])([2H])N(C([2H])([2H])[2H])C([2H])([2H])Cc1c[nH]c2ccccc12. The van der Waals surface area contributed by atoms with Gasteiger partial charge in [0.1, 0.15) is 0 Å². The zero-order valence-electron chi connectivity index (χ0n) is 19.4. The Labute approximate surface area is 139 Å². The number of para-hydroxylation sites is 1. The van der Waals surface area contributed by atoms with Crippen LogP contribution < -0.4 is 0 Å². The number of fused-ring (bicyclic) bond motifs is 1. The van der Waals surface area contributed by atoms with Gasteiger partial charge in [-0.2, -0.15) is 0 Å². The number of aromatic nitrogens is 1. The summed E-state index contributed by atoms with van der Waals surface area (Å²) in [7, 11) is 0. The molecule has 1 aromatic heterocycles. The first-order valence-electron chi connectivity index (χ1n) is 10.0. The first kappa shape index (κ1) is 8.75. The molecule has 0 spiro atoms. The molecule has 0 saturated heterocycles. The molecule has 2 aromatic rings. The van der Waals surface area contributed by atoms with Gasteiger partial charge in [-0.25, -0.2) is 9.59 Å². The van der Waals surface area contributed by atoms with E-state index in [0.717, 1.165) is 10.9 Å². The number of H-pyrrole nitrogens is 1. The molecule has 0 amide bonds. The zero-order valence-corrected chi connectivity index (χ0v) is 11.4. The van der Waals surface area contributed by atoms with Gasteiger partial charge in [0.2, 0.25) is 0 Å². The average Bonchev–Trinajstić information content (AvgIpc) is 2.93. The van der Waals surface area contributed by atoms with E-state index in [-0.39, 0.29) is 11.3 Å². The zero-order chi connectivity index (χ0) is 23.3. The van der Waals surface area contributed by atoms with Crippen LogP contribution in [-0.2, 0) is 16.0 Å². The molecule has 0 atom stereocenters. The van der Waals surface area contributed by atoms with E-state index in [1.54, 1.807) is 24.4 Å². The van der Waals surface area contributed by atoms with Crippen molar-refractivity contribution in [2.24, 2.45) is 0 Å².